The molecular formula is C22H32FN7O4S. The Balaban J connectivity index is 2.10. The molecule has 0 aromatic carbocycles. The van der Waals surface area contributed by atoms with Gasteiger partial charge in [0.05, 0.1) is 11.0 Å². The van der Waals surface area contributed by atoms with Crippen LogP contribution in [0.1, 0.15) is 48.6 Å². The number of alkyl halides is 1. The van der Waals surface area contributed by atoms with E-state index in [0.29, 0.717) is 12.8 Å². The van der Waals surface area contributed by atoms with Crippen LogP contribution in [-0.2, 0) is 14.4 Å². The number of hydrogen-bond donors (Lipinski definition) is 4. The molecular weight excluding hydrogens is 477 g/mol. The first-order valence-corrected chi connectivity index (χ1v) is 12.1. The van der Waals surface area contributed by atoms with E-state index >= 15 is 0 Å². The molecule has 1 aliphatic heterocycles. The predicted octanol–water partition coefficient (Wildman–Crippen LogP) is 0.399. The van der Waals surface area contributed by atoms with Crippen LogP contribution in [0.5, 0.6) is 0 Å². The lowest BCUT2D eigenvalue weighted by atomic mass is 10.0. The van der Waals surface area contributed by atoms with Crippen LogP contribution in [0.3, 0.4) is 0 Å². The first-order chi connectivity index (χ1) is 16.5. The first kappa shape index (κ1) is 27.9. The second-order valence-electron chi connectivity index (χ2n) is 8.39. The van der Waals surface area contributed by atoms with Crippen molar-refractivity contribution in [2.45, 2.75) is 52.1 Å². The van der Waals surface area contributed by atoms with Gasteiger partial charge in [-0.3, -0.25) is 24.2 Å². The van der Waals surface area contributed by atoms with Crippen molar-refractivity contribution in [2.75, 3.05) is 19.8 Å². The molecule has 3 amide bonds. The van der Waals surface area contributed by atoms with E-state index in [2.05, 4.69) is 20.6 Å². The molecule has 11 nitrogen and oxygen atoms in total. The van der Waals surface area contributed by atoms with Gasteiger partial charge >= 0.3 is 0 Å². The minimum Gasteiger partial charge on any atom is -0.370 e. The number of Topliss-reactive ketones (excluding diaryl/α,β-unsaturated/α-hetero) is 1. The molecule has 2 heterocycles. The van der Waals surface area contributed by atoms with E-state index in [1.807, 2.05) is 0 Å². The Labute approximate surface area is 207 Å². The summed E-state index contributed by atoms with van der Waals surface area (Å²) < 4.78 is 13.1. The highest BCUT2D eigenvalue weighted by Crippen LogP contribution is 2.20. The number of hydrogen-bond acceptors (Lipinski definition) is 7. The fraction of sp³-hybridized carbons (Fsp3) is 0.545. The molecule has 6 N–H and O–H groups in total. The van der Waals surface area contributed by atoms with Crippen LogP contribution in [0, 0.1) is 12.8 Å². The Morgan fingerprint density at radius 1 is 1.23 bits per heavy atom. The average molecular weight is 510 g/mol. The van der Waals surface area contributed by atoms with Crippen molar-refractivity contribution in [3.8, 4) is 0 Å². The Morgan fingerprint density at radius 2 is 1.94 bits per heavy atom. The summed E-state index contributed by atoms with van der Waals surface area (Å²) in [7, 11) is 0. The third kappa shape index (κ3) is 7.84. The van der Waals surface area contributed by atoms with Gasteiger partial charge in [-0.1, -0.05) is 19.9 Å². The quantitative estimate of drug-likeness (QED) is 0.179. The summed E-state index contributed by atoms with van der Waals surface area (Å²) >= 11 is 1.32. The fourth-order valence-corrected chi connectivity index (χ4v) is 4.11. The van der Waals surface area contributed by atoms with Gasteiger partial charge in [0.1, 0.15) is 24.1 Å². The highest BCUT2D eigenvalue weighted by atomic mass is 32.1. The maximum Gasteiger partial charge on any atom is 0.271 e. The number of halogens is 1. The van der Waals surface area contributed by atoms with E-state index < -0.39 is 42.3 Å². The fourth-order valence-electron chi connectivity index (χ4n) is 3.51. The number of rotatable bonds is 12. The van der Waals surface area contributed by atoms with Crippen LogP contribution >= 0.6 is 11.3 Å². The molecule has 1 aromatic heterocycles. The van der Waals surface area contributed by atoms with Crippen molar-refractivity contribution < 1.29 is 23.6 Å². The monoisotopic (exact) mass is 509 g/mol. The van der Waals surface area contributed by atoms with E-state index in [1.165, 1.54) is 16.2 Å². The second-order valence-corrected chi connectivity index (χ2v) is 9.45. The normalized spacial score (nSPS) is 14.8. The van der Waals surface area contributed by atoms with E-state index in [9.17, 15) is 23.6 Å². The molecule has 0 saturated heterocycles. The van der Waals surface area contributed by atoms with Crippen molar-refractivity contribution in [3.63, 3.8) is 0 Å². The lowest BCUT2D eigenvalue weighted by Gasteiger charge is -2.28. The molecule has 35 heavy (non-hydrogen) atoms. The highest BCUT2D eigenvalue weighted by Gasteiger charge is 2.35. The number of aromatic nitrogens is 1. The molecule has 13 heteroatoms. The van der Waals surface area contributed by atoms with Gasteiger partial charge in [0.2, 0.25) is 5.91 Å². The largest absolute Gasteiger partial charge is 0.370 e. The van der Waals surface area contributed by atoms with Gasteiger partial charge in [-0.15, -0.1) is 11.3 Å². The summed E-state index contributed by atoms with van der Waals surface area (Å²) in [6, 6.07) is -1.99. The Kier molecular flexibility index (Phi) is 10.3. The molecule has 0 unspecified atom stereocenters. The van der Waals surface area contributed by atoms with Crippen molar-refractivity contribution in [3.05, 3.63) is 27.9 Å². The molecule has 1 aliphatic rings. The molecule has 0 spiro atoms. The van der Waals surface area contributed by atoms with E-state index in [-0.39, 0.29) is 42.8 Å². The Bertz CT molecular complexity index is 1000. The number of guanidine groups is 1. The van der Waals surface area contributed by atoms with E-state index in [1.54, 1.807) is 32.2 Å². The molecule has 192 valence electrons. The summed E-state index contributed by atoms with van der Waals surface area (Å²) in [5.74, 6) is -2.78. The predicted molar refractivity (Wildman–Crippen MR) is 130 cm³/mol. The summed E-state index contributed by atoms with van der Waals surface area (Å²) in [6.07, 6.45) is 2.47. The van der Waals surface area contributed by atoms with Gasteiger partial charge < -0.3 is 27.0 Å². The number of aliphatic imine (C=N–C) groups is 1. The summed E-state index contributed by atoms with van der Waals surface area (Å²) in [4.78, 5) is 60.2. The van der Waals surface area contributed by atoms with Gasteiger partial charge in [-0.2, -0.15) is 0 Å². The third-order valence-electron chi connectivity index (χ3n) is 5.32. The maximum absolute atomic E-state index is 13.3. The number of carbonyl (C=O) groups excluding carboxylic acids is 4. The number of carbonyl (C=O) groups is 4. The lowest BCUT2D eigenvalue weighted by Crippen LogP contribution is -2.52. The van der Waals surface area contributed by atoms with Crippen molar-refractivity contribution in [1.29, 1.82) is 0 Å². The summed E-state index contributed by atoms with van der Waals surface area (Å²) in [5.41, 5.74) is 10.8. The lowest BCUT2D eigenvalue weighted by molar-refractivity contribution is -0.135. The second kappa shape index (κ2) is 12.9. The molecule has 0 aliphatic carbocycles. The van der Waals surface area contributed by atoms with Crippen LogP contribution in [0.4, 0.5) is 4.39 Å². The minimum atomic E-state index is -1.24. The van der Waals surface area contributed by atoms with Crippen molar-refractivity contribution in [1.82, 2.24) is 20.5 Å². The zero-order valence-corrected chi connectivity index (χ0v) is 20.9. The smallest absolute Gasteiger partial charge is 0.271 e. The molecule has 2 rings (SSSR count). The average Bonchev–Trinajstić information content (AvgIpc) is 3.47. The minimum absolute atomic E-state index is 0.0558. The van der Waals surface area contributed by atoms with Gasteiger partial charge in [0.15, 0.2) is 11.7 Å². The molecule has 0 bridgehead atoms. The summed E-state index contributed by atoms with van der Waals surface area (Å²) in [5, 5.41) is 7.56. The number of ketones is 1. The van der Waals surface area contributed by atoms with E-state index in [0.717, 1.165) is 5.01 Å². The van der Waals surface area contributed by atoms with Gasteiger partial charge in [-0.25, -0.2) is 9.37 Å². The number of nitrogens with one attached hydrogen (secondary N) is 2. The van der Waals surface area contributed by atoms with Gasteiger partial charge in [0.25, 0.3) is 11.8 Å². The highest BCUT2D eigenvalue weighted by molar-refractivity contribution is 7.09. The number of amides is 3. The molecule has 0 radical (unpaired) electrons. The SMILES string of the molecule is Cc1nc(C(=O)N[C@H](C(=O)N2CCC=C2C(=O)N[C@@H](CCCN=C(N)N)C(=O)CF)C(C)C)cs1. The van der Waals surface area contributed by atoms with Crippen LogP contribution in [0.25, 0.3) is 0 Å². The van der Waals surface area contributed by atoms with Crippen LogP contribution in [0.2, 0.25) is 0 Å². The van der Waals surface area contributed by atoms with Gasteiger partial charge in [-0.05, 0) is 32.1 Å². The third-order valence-corrected chi connectivity index (χ3v) is 6.10. The number of thiazole rings is 1. The number of aryl methyl sites for hydroxylation is 1. The zero-order valence-electron chi connectivity index (χ0n) is 20.0. The van der Waals surface area contributed by atoms with Crippen molar-refractivity contribution in [2.24, 2.45) is 22.4 Å². The molecule has 0 saturated carbocycles. The molecule has 2 atom stereocenters. The van der Waals surface area contributed by atoms with Crippen LogP contribution in [0.15, 0.2) is 22.1 Å². The summed E-state index contributed by atoms with van der Waals surface area (Å²) in [6.45, 7) is 4.54. The topological polar surface area (TPSA) is 173 Å². The molecule has 1 aromatic rings. The van der Waals surface area contributed by atoms with Gasteiger partial charge in [0, 0.05) is 18.5 Å². The first-order valence-electron chi connectivity index (χ1n) is 11.2. The Hall–Kier alpha value is -3.35. The zero-order chi connectivity index (χ0) is 26.1. The standard InChI is InChI=1S/C22H32FN7O4S/c1-12(2)18(29-19(32)15-11-35-13(3)27-15)21(34)30-9-5-7-16(30)20(33)28-14(17(31)10-23)6-4-8-26-22(24)25/h7,11-12,14,18H,4-6,8-10H2,1-3H3,(H,28,33)(H,29,32)(H4,24,25,26)/t14-,18-/m0/s1. The van der Waals surface area contributed by atoms with E-state index in [4.69, 9.17) is 11.5 Å². The molecule has 0 fully saturated rings. The number of nitrogens with two attached hydrogens (primary N) is 2. The maximum atomic E-state index is 13.3. The Morgan fingerprint density at radius 3 is 2.51 bits per heavy atom. The van der Waals surface area contributed by atoms with Crippen LogP contribution < -0.4 is 22.1 Å². The number of nitrogens with zero attached hydrogens (tertiary/aromatic N) is 3. The van der Waals surface area contributed by atoms with Crippen LogP contribution in [-0.4, -0.2) is 71.2 Å². The van der Waals surface area contributed by atoms with Crippen molar-refractivity contribution >= 4 is 40.8 Å².